The third kappa shape index (κ3) is 6.24. The van der Waals surface area contributed by atoms with E-state index in [1.165, 1.54) is 36.4 Å². The summed E-state index contributed by atoms with van der Waals surface area (Å²) in [6.45, 7) is 0. The number of hydrogen-bond acceptors (Lipinski definition) is 4. The van der Waals surface area contributed by atoms with Crippen LogP contribution in [0.15, 0.2) is 46.2 Å². The summed E-state index contributed by atoms with van der Waals surface area (Å²) in [5.41, 5.74) is 0. The van der Waals surface area contributed by atoms with Crippen LogP contribution in [0.25, 0.3) is 0 Å². The van der Waals surface area contributed by atoms with Gasteiger partial charge in [-0.2, -0.15) is 0 Å². The molecule has 0 fully saturated rings. The first-order valence-electron chi connectivity index (χ1n) is 5.70. The van der Waals surface area contributed by atoms with Crippen molar-refractivity contribution in [2.75, 3.05) is 0 Å². The molecule has 0 aliphatic rings. The molecule has 5 nitrogen and oxygen atoms in total. The SMILES string of the molecule is NS(=O)(=O)c1ccc(Cl)cc1Cl.O=S(=O)(Cl)c1cccc(Cl)c1Cl. The maximum atomic E-state index is 10.8. The summed E-state index contributed by atoms with van der Waals surface area (Å²) in [6.07, 6.45) is 0. The van der Waals surface area contributed by atoms with E-state index in [4.69, 9.17) is 62.2 Å². The number of primary sulfonamides is 1. The number of sulfonamides is 1. The minimum atomic E-state index is -3.80. The van der Waals surface area contributed by atoms with E-state index in [1.54, 1.807) is 0 Å². The lowest BCUT2D eigenvalue weighted by molar-refractivity contribution is 0.597. The van der Waals surface area contributed by atoms with E-state index in [-0.39, 0.29) is 24.9 Å². The Hall–Kier alpha value is -0.250. The minimum Gasteiger partial charge on any atom is -0.225 e. The largest absolute Gasteiger partial charge is 0.262 e. The topological polar surface area (TPSA) is 94.3 Å². The second-order valence-electron chi connectivity index (χ2n) is 4.11. The van der Waals surface area contributed by atoms with E-state index in [0.717, 1.165) is 0 Å². The molecule has 2 aromatic carbocycles. The average molecular weight is 472 g/mol. The Balaban J connectivity index is 0.000000240. The molecular weight excluding hydrogens is 464 g/mol. The Bertz CT molecular complexity index is 961. The fourth-order valence-corrected chi connectivity index (χ4v) is 4.43. The van der Waals surface area contributed by atoms with Gasteiger partial charge in [-0.3, -0.25) is 0 Å². The zero-order valence-electron chi connectivity index (χ0n) is 11.4. The van der Waals surface area contributed by atoms with E-state index in [1.807, 2.05) is 0 Å². The van der Waals surface area contributed by atoms with Crippen molar-refractivity contribution in [2.45, 2.75) is 9.79 Å². The molecule has 0 saturated carbocycles. The Morgan fingerprint density at radius 3 is 1.79 bits per heavy atom. The molecule has 0 unspecified atom stereocenters. The summed E-state index contributed by atoms with van der Waals surface area (Å²) >= 11 is 22.3. The van der Waals surface area contributed by atoms with Crippen molar-refractivity contribution >= 4 is 76.2 Å². The van der Waals surface area contributed by atoms with Gasteiger partial charge in [-0.15, -0.1) is 0 Å². The first kappa shape index (κ1) is 21.8. The molecule has 0 atom stereocenters. The molecule has 24 heavy (non-hydrogen) atoms. The van der Waals surface area contributed by atoms with Gasteiger partial charge in [-0.05, 0) is 30.3 Å². The van der Waals surface area contributed by atoms with E-state index in [0.29, 0.717) is 5.02 Å². The first-order chi connectivity index (χ1) is 10.8. The summed E-state index contributed by atoms with van der Waals surface area (Å²) in [5.74, 6) is 0. The molecule has 2 rings (SSSR count). The van der Waals surface area contributed by atoms with E-state index < -0.39 is 19.1 Å². The fourth-order valence-electron chi connectivity index (χ4n) is 1.38. The van der Waals surface area contributed by atoms with Gasteiger partial charge >= 0.3 is 0 Å². The molecule has 0 aliphatic carbocycles. The maximum Gasteiger partial charge on any atom is 0.262 e. The third-order valence-corrected chi connectivity index (χ3v) is 6.30. The number of rotatable bonds is 2. The van der Waals surface area contributed by atoms with E-state index >= 15 is 0 Å². The number of halogens is 5. The van der Waals surface area contributed by atoms with Crippen LogP contribution in [-0.4, -0.2) is 16.8 Å². The molecular formula is C12H8Cl5NO4S2. The standard InChI is InChI=1S/C6H3Cl3O2S.C6H5Cl2NO2S/c7-4-2-1-3-5(6(4)8)12(9,10)11;7-4-1-2-6(5(8)3-4)12(9,10)11/h1-3H;1-3H,(H2,9,10,11). The minimum absolute atomic E-state index is 0.0324. The summed E-state index contributed by atoms with van der Waals surface area (Å²) in [5, 5.41) is 5.37. The van der Waals surface area contributed by atoms with Gasteiger partial charge in [0.1, 0.15) is 9.79 Å². The van der Waals surface area contributed by atoms with Crippen LogP contribution in [0.1, 0.15) is 0 Å². The third-order valence-electron chi connectivity index (χ3n) is 2.38. The number of benzene rings is 2. The van der Waals surface area contributed by atoms with Crippen molar-refractivity contribution in [3.63, 3.8) is 0 Å². The van der Waals surface area contributed by atoms with E-state index in [2.05, 4.69) is 0 Å². The predicted molar refractivity (Wildman–Crippen MR) is 97.3 cm³/mol. The van der Waals surface area contributed by atoms with Crippen molar-refractivity contribution in [1.82, 2.24) is 0 Å². The summed E-state index contributed by atoms with van der Waals surface area (Å²) in [7, 11) is -2.48. The molecule has 0 saturated heterocycles. The van der Waals surface area contributed by atoms with Crippen LogP contribution < -0.4 is 5.14 Å². The Kier molecular flexibility index (Phi) is 7.65. The Morgan fingerprint density at radius 1 is 0.792 bits per heavy atom. The van der Waals surface area contributed by atoms with Gasteiger partial charge in [-0.25, -0.2) is 22.0 Å². The highest BCUT2D eigenvalue weighted by molar-refractivity contribution is 8.13. The predicted octanol–water partition coefficient (Wildman–Crippen LogP) is 4.56. The first-order valence-corrected chi connectivity index (χ1v) is 11.1. The van der Waals surface area contributed by atoms with Crippen molar-refractivity contribution < 1.29 is 16.8 Å². The molecule has 0 spiro atoms. The van der Waals surface area contributed by atoms with Crippen molar-refractivity contribution in [1.29, 1.82) is 0 Å². The van der Waals surface area contributed by atoms with Gasteiger partial charge in [0, 0.05) is 15.7 Å². The van der Waals surface area contributed by atoms with Gasteiger partial charge in [0.05, 0.1) is 15.1 Å². The molecule has 12 heteroatoms. The van der Waals surface area contributed by atoms with Crippen LogP contribution in [-0.2, 0) is 19.1 Å². The number of nitrogens with two attached hydrogens (primary N) is 1. The quantitative estimate of drug-likeness (QED) is 0.650. The van der Waals surface area contributed by atoms with Crippen LogP contribution in [0.4, 0.5) is 0 Å². The van der Waals surface area contributed by atoms with Crippen LogP contribution in [0.2, 0.25) is 20.1 Å². The van der Waals surface area contributed by atoms with Gasteiger partial charge in [-0.1, -0.05) is 52.5 Å². The van der Waals surface area contributed by atoms with Crippen molar-refractivity contribution in [2.24, 2.45) is 5.14 Å². The fraction of sp³-hybridized carbons (Fsp3) is 0. The normalized spacial score (nSPS) is 11.6. The summed E-state index contributed by atoms with van der Waals surface area (Å²) in [6, 6.07) is 8.23. The molecule has 0 heterocycles. The van der Waals surface area contributed by atoms with Crippen LogP contribution >= 0.6 is 57.1 Å². The van der Waals surface area contributed by atoms with Crippen LogP contribution in [0, 0.1) is 0 Å². The molecule has 2 aromatic rings. The smallest absolute Gasteiger partial charge is 0.225 e. The van der Waals surface area contributed by atoms with Gasteiger partial charge < -0.3 is 0 Å². The highest BCUT2D eigenvalue weighted by Crippen LogP contribution is 2.30. The second-order valence-corrected chi connectivity index (χ2v) is 9.80. The molecule has 0 amide bonds. The Morgan fingerprint density at radius 2 is 1.38 bits per heavy atom. The van der Waals surface area contributed by atoms with E-state index in [9.17, 15) is 16.8 Å². The van der Waals surface area contributed by atoms with Crippen LogP contribution in [0.3, 0.4) is 0 Å². The molecule has 0 bridgehead atoms. The highest BCUT2D eigenvalue weighted by Gasteiger charge is 2.15. The average Bonchev–Trinajstić information content (AvgIpc) is 2.39. The lowest BCUT2D eigenvalue weighted by atomic mass is 10.4. The molecule has 0 aliphatic heterocycles. The van der Waals surface area contributed by atoms with Crippen molar-refractivity contribution in [3.05, 3.63) is 56.5 Å². The highest BCUT2D eigenvalue weighted by atomic mass is 35.7. The summed E-state index contributed by atoms with van der Waals surface area (Å²) < 4.78 is 43.3. The molecule has 2 N–H and O–H groups in total. The molecule has 132 valence electrons. The second kappa shape index (κ2) is 8.42. The maximum absolute atomic E-state index is 10.8. The number of hydrogen-bond donors (Lipinski definition) is 1. The molecule has 0 radical (unpaired) electrons. The van der Waals surface area contributed by atoms with Gasteiger partial charge in [0.15, 0.2) is 0 Å². The monoisotopic (exact) mass is 469 g/mol. The van der Waals surface area contributed by atoms with Crippen LogP contribution in [0.5, 0.6) is 0 Å². The zero-order chi connectivity index (χ0) is 18.7. The zero-order valence-corrected chi connectivity index (χ0v) is 16.8. The Labute approximate surface area is 163 Å². The van der Waals surface area contributed by atoms with Crippen molar-refractivity contribution in [3.8, 4) is 0 Å². The molecule has 0 aromatic heterocycles. The van der Waals surface area contributed by atoms with Gasteiger partial charge in [0.25, 0.3) is 9.05 Å². The lowest BCUT2D eigenvalue weighted by Gasteiger charge is -2.00. The summed E-state index contributed by atoms with van der Waals surface area (Å²) in [4.78, 5) is -0.285. The van der Waals surface area contributed by atoms with Gasteiger partial charge in [0.2, 0.25) is 10.0 Å². The lowest BCUT2D eigenvalue weighted by Crippen LogP contribution is -2.12.